The highest BCUT2D eigenvalue weighted by Crippen LogP contribution is 2.32. The summed E-state index contributed by atoms with van der Waals surface area (Å²) in [5.74, 6) is 0.0719. The van der Waals surface area contributed by atoms with Crippen molar-refractivity contribution in [3.05, 3.63) is 66.2 Å². The number of benzene rings is 3. The molecule has 100 valence electrons. The molecule has 0 aliphatic rings. The molecule has 0 saturated heterocycles. The second-order valence-electron chi connectivity index (χ2n) is 4.72. The second-order valence-corrected chi connectivity index (χ2v) is 6.13. The summed E-state index contributed by atoms with van der Waals surface area (Å²) in [5, 5.41) is 11.9. The van der Waals surface area contributed by atoms with Crippen molar-refractivity contribution >= 4 is 21.6 Å². The summed E-state index contributed by atoms with van der Waals surface area (Å²) in [6.45, 7) is 1.99. The van der Waals surface area contributed by atoms with Crippen LogP contribution in [0, 0.1) is 6.92 Å². The molecule has 0 amide bonds. The van der Waals surface area contributed by atoms with Crippen molar-refractivity contribution in [2.75, 3.05) is 0 Å². The molecular weight excluding hydrogens is 268 g/mol. The van der Waals surface area contributed by atoms with Gasteiger partial charge in [-0.3, -0.25) is 0 Å². The van der Waals surface area contributed by atoms with Crippen LogP contribution in [-0.4, -0.2) is 9.32 Å². The predicted octanol–water partition coefficient (Wildman–Crippen LogP) is 4.02. The van der Waals surface area contributed by atoms with Crippen LogP contribution in [0.3, 0.4) is 0 Å². The Balaban J connectivity index is 2.21. The van der Waals surface area contributed by atoms with Gasteiger partial charge in [-0.2, -0.15) is 0 Å². The third-order valence-electron chi connectivity index (χ3n) is 3.28. The fourth-order valence-electron chi connectivity index (χ4n) is 2.21. The van der Waals surface area contributed by atoms with Crippen LogP contribution in [0.5, 0.6) is 5.75 Å². The first kappa shape index (κ1) is 12.9. The molecule has 2 nitrogen and oxygen atoms in total. The third kappa shape index (κ3) is 2.21. The van der Waals surface area contributed by atoms with E-state index in [1.54, 1.807) is 6.07 Å². The molecule has 0 fully saturated rings. The summed E-state index contributed by atoms with van der Waals surface area (Å²) in [7, 11) is -1.39. The predicted molar refractivity (Wildman–Crippen MR) is 81.5 cm³/mol. The SMILES string of the molecule is Cc1ccc(S(=O)c2c(O)ccc3ccccc23)cc1. The van der Waals surface area contributed by atoms with Crippen molar-refractivity contribution in [3.8, 4) is 5.75 Å². The first-order chi connectivity index (χ1) is 9.66. The number of hydrogen-bond donors (Lipinski definition) is 1. The minimum absolute atomic E-state index is 0.0719. The highest BCUT2D eigenvalue weighted by Gasteiger charge is 2.15. The Morgan fingerprint density at radius 2 is 1.60 bits per heavy atom. The zero-order valence-electron chi connectivity index (χ0n) is 11.0. The lowest BCUT2D eigenvalue weighted by molar-refractivity contribution is 0.463. The maximum atomic E-state index is 12.7. The summed E-state index contributed by atoms with van der Waals surface area (Å²) in [4.78, 5) is 1.18. The average molecular weight is 282 g/mol. The van der Waals surface area contributed by atoms with Gasteiger partial charge in [-0.15, -0.1) is 0 Å². The van der Waals surface area contributed by atoms with Crippen molar-refractivity contribution in [3.63, 3.8) is 0 Å². The van der Waals surface area contributed by atoms with Gasteiger partial charge < -0.3 is 5.11 Å². The van der Waals surface area contributed by atoms with Crippen LogP contribution in [0.15, 0.2) is 70.5 Å². The molecule has 3 heteroatoms. The van der Waals surface area contributed by atoms with Crippen LogP contribution < -0.4 is 0 Å². The van der Waals surface area contributed by atoms with Crippen molar-refractivity contribution in [2.45, 2.75) is 16.7 Å². The van der Waals surface area contributed by atoms with Gasteiger partial charge >= 0.3 is 0 Å². The van der Waals surface area contributed by atoms with Gasteiger partial charge in [-0.25, -0.2) is 4.21 Å². The lowest BCUT2D eigenvalue weighted by atomic mass is 10.1. The number of fused-ring (bicyclic) bond motifs is 1. The Morgan fingerprint density at radius 3 is 2.35 bits per heavy atom. The van der Waals surface area contributed by atoms with E-state index in [0.29, 0.717) is 9.79 Å². The Hall–Kier alpha value is -2.13. The molecule has 0 aromatic heterocycles. The molecule has 0 saturated carbocycles. The molecule has 20 heavy (non-hydrogen) atoms. The monoisotopic (exact) mass is 282 g/mol. The minimum atomic E-state index is -1.39. The number of aromatic hydroxyl groups is 1. The van der Waals surface area contributed by atoms with Gasteiger partial charge in [0, 0.05) is 10.3 Å². The van der Waals surface area contributed by atoms with E-state index in [2.05, 4.69) is 0 Å². The van der Waals surface area contributed by atoms with Crippen LogP contribution in [0.1, 0.15) is 5.56 Å². The molecule has 0 aliphatic heterocycles. The highest BCUT2D eigenvalue weighted by molar-refractivity contribution is 7.85. The molecule has 3 aromatic rings. The van der Waals surface area contributed by atoms with Crippen LogP contribution in [0.4, 0.5) is 0 Å². The van der Waals surface area contributed by atoms with E-state index in [4.69, 9.17) is 0 Å². The van der Waals surface area contributed by atoms with E-state index in [1.165, 1.54) is 0 Å². The normalized spacial score (nSPS) is 12.4. The number of phenolic OH excluding ortho intramolecular Hbond substituents is 1. The maximum absolute atomic E-state index is 12.7. The van der Waals surface area contributed by atoms with E-state index in [9.17, 15) is 9.32 Å². The van der Waals surface area contributed by atoms with E-state index >= 15 is 0 Å². The largest absolute Gasteiger partial charge is 0.507 e. The van der Waals surface area contributed by atoms with Crippen molar-refractivity contribution in [1.82, 2.24) is 0 Å². The number of hydrogen-bond acceptors (Lipinski definition) is 2. The van der Waals surface area contributed by atoms with Crippen molar-refractivity contribution in [2.24, 2.45) is 0 Å². The molecule has 0 bridgehead atoms. The van der Waals surface area contributed by atoms with Gasteiger partial charge in [0.2, 0.25) is 0 Å². The summed E-state index contributed by atoms with van der Waals surface area (Å²) >= 11 is 0. The molecule has 0 aliphatic carbocycles. The molecule has 1 N–H and O–H groups in total. The summed E-state index contributed by atoms with van der Waals surface area (Å²) in [6, 6.07) is 18.6. The Bertz CT molecular complexity index is 792. The van der Waals surface area contributed by atoms with Crippen LogP contribution in [0.2, 0.25) is 0 Å². The summed E-state index contributed by atoms with van der Waals surface area (Å²) < 4.78 is 12.7. The zero-order chi connectivity index (χ0) is 14.1. The topological polar surface area (TPSA) is 37.3 Å². The maximum Gasteiger partial charge on any atom is 0.132 e. The number of aryl methyl sites for hydroxylation is 1. The lowest BCUT2D eigenvalue weighted by Crippen LogP contribution is -1.95. The van der Waals surface area contributed by atoms with E-state index < -0.39 is 10.8 Å². The zero-order valence-corrected chi connectivity index (χ0v) is 11.9. The molecular formula is C17H14O2S. The van der Waals surface area contributed by atoms with Gasteiger partial charge in [-0.05, 0) is 30.5 Å². The molecule has 0 spiro atoms. The quantitative estimate of drug-likeness (QED) is 0.770. The summed E-state index contributed by atoms with van der Waals surface area (Å²) in [6.07, 6.45) is 0. The average Bonchev–Trinajstić information content (AvgIpc) is 2.47. The van der Waals surface area contributed by atoms with Gasteiger partial charge in [0.05, 0.1) is 15.7 Å². The van der Waals surface area contributed by atoms with Crippen LogP contribution >= 0.6 is 0 Å². The Morgan fingerprint density at radius 1 is 0.900 bits per heavy atom. The first-order valence-electron chi connectivity index (χ1n) is 6.36. The molecule has 1 unspecified atom stereocenters. The van der Waals surface area contributed by atoms with Crippen molar-refractivity contribution < 1.29 is 9.32 Å². The first-order valence-corrected chi connectivity index (χ1v) is 7.51. The van der Waals surface area contributed by atoms with Crippen LogP contribution in [-0.2, 0) is 10.8 Å². The lowest BCUT2D eigenvalue weighted by Gasteiger charge is -2.09. The minimum Gasteiger partial charge on any atom is -0.507 e. The fraction of sp³-hybridized carbons (Fsp3) is 0.0588. The van der Waals surface area contributed by atoms with E-state index in [0.717, 1.165) is 16.3 Å². The summed E-state index contributed by atoms with van der Waals surface area (Å²) in [5.41, 5.74) is 1.12. The molecule has 0 radical (unpaired) electrons. The molecule has 3 rings (SSSR count). The van der Waals surface area contributed by atoms with Gasteiger partial charge in [-0.1, -0.05) is 48.0 Å². The fourth-order valence-corrected chi connectivity index (χ4v) is 3.47. The standard InChI is InChI=1S/C17H14O2S/c1-12-6-9-14(10-7-12)20(19)17-15-5-3-2-4-13(15)8-11-16(17)18/h2-11,18H,1H3. The highest BCUT2D eigenvalue weighted by atomic mass is 32.2. The Kier molecular flexibility index (Phi) is 3.28. The number of rotatable bonds is 2. The molecule has 1 atom stereocenters. The Labute approximate surface area is 120 Å². The smallest absolute Gasteiger partial charge is 0.132 e. The van der Waals surface area contributed by atoms with Crippen molar-refractivity contribution in [1.29, 1.82) is 0 Å². The van der Waals surface area contributed by atoms with Gasteiger partial charge in [0.15, 0.2) is 0 Å². The van der Waals surface area contributed by atoms with Gasteiger partial charge in [0.25, 0.3) is 0 Å². The molecule has 0 heterocycles. The van der Waals surface area contributed by atoms with E-state index in [1.807, 2.05) is 61.5 Å². The number of phenols is 1. The van der Waals surface area contributed by atoms with Crippen LogP contribution in [0.25, 0.3) is 10.8 Å². The second kappa shape index (κ2) is 5.10. The van der Waals surface area contributed by atoms with E-state index in [-0.39, 0.29) is 5.75 Å². The molecule has 3 aromatic carbocycles. The van der Waals surface area contributed by atoms with Gasteiger partial charge in [0.1, 0.15) is 5.75 Å². The third-order valence-corrected chi connectivity index (χ3v) is 4.78.